The second kappa shape index (κ2) is 9.93. The van der Waals surface area contributed by atoms with Crippen molar-refractivity contribution >= 4 is 40.6 Å². The number of fused-ring (bicyclic) bond motifs is 1. The number of rotatable bonds is 7. The first-order chi connectivity index (χ1) is 16.8. The number of hydrogen-bond acceptors (Lipinski definition) is 4. The molecule has 0 spiro atoms. The van der Waals surface area contributed by atoms with E-state index in [-0.39, 0.29) is 17.6 Å². The molecule has 0 aliphatic carbocycles. The fraction of sp³-hybridized carbons (Fsp3) is 0.214. The maximum absolute atomic E-state index is 13.2. The highest BCUT2D eigenvalue weighted by Crippen LogP contribution is 2.38. The zero-order valence-electron chi connectivity index (χ0n) is 19.9. The number of carbonyl (C=O) groups is 4. The number of hydrogen-bond donors (Lipinski definition) is 2. The standard InChI is InChI=1S/C28H27N3O4/c1-4-18-9-12-21(13-10-18)29-26(33)20-7-6-8-22(15-20)30-27(34)25-23-16-19(17(3)32)11-14-24(23)31(5-2)28(25)35/h6-16,25H,4-5H2,1-3H3,(H,29,33)(H,30,34). The van der Waals surface area contributed by atoms with E-state index in [2.05, 4.69) is 17.6 Å². The molecule has 1 aliphatic heterocycles. The van der Waals surface area contributed by atoms with Gasteiger partial charge in [-0.05, 0) is 79.9 Å². The SMILES string of the molecule is CCc1ccc(NC(=O)c2cccc(NC(=O)C3C(=O)N(CC)c4ccc(C(C)=O)cc43)c2)cc1. The fourth-order valence-electron chi connectivity index (χ4n) is 4.22. The Morgan fingerprint density at radius 3 is 2.26 bits per heavy atom. The van der Waals surface area contributed by atoms with E-state index in [1.54, 1.807) is 42.5 Å². The van der Waals surface area contributed by atoms with Crippen LogP contribution in [-0.4, -0.2) is 30.0 Å². The average molecular weight is 470 g/mol. The van der Waals surface area contributed by atoms with Crippen LogP contribution in [0, 0.1) is 0 Å². The largest absolute Gasteiger partial charge is 0.325 e. The highest BCUT2D eigenvalue weighted by molar-refractivity contribution is 6.21. The molecule has 1 unspecified atom stereocenters. The van der Waals surface area contributed by atoms with Gasteiger partial charge in [0.05, 0.1) is 0 Å². The van der Waals surface area contributed by atoms with Gasteiger partial charge in [0.15, 0.2) is 5.78 Å². The number of ketones is 1. The Morgan fingerprint density at radius 1 is 0.857 bits per heavy atom. The first-order valence-electron chi connectivity index (χ1n) is 11.6. The third kappa shape index (κ3) is 4.84. The van der Waals surface area contributed by atoms with Gasteiger partial charge >= 0.3 is 0 Å². The molecule has 0 saturated heterocycles. The van der Waals surface area contributed by atoms with Crippen molar-refractivity contribution in [2.45, 2.75) is 33.1 Å². The van der Waals surface area contributed by atoms with Crippen LogP contribution < -0.4 is 15.5 Å². The second-order valence-electron chi connectivity index (χ2n) is 8.42. The van der Waals surface area contributed by atoms with Crippen LogP contribution in [0.3, 0.4) is 0 Å². The Labute approximate surface area is 204 Å². The van der Waals surface area contributed by atoms with Gasteiger partial charge in [-0.15, -0.1) is 0 Å². The number of benzene rings is 3. The normalized spacial score (nSPS) is 14.4. The lowest BCUT2D eigenvalue weighted by Crippen LogP contribution is -2.33. The number of aryl methyl sites for hydroxylation is 1. The van der Waals surface area contributed by atoms with E-state index in [0.717, 1.165) is 6.42 Å². The second-order valence-corrected chi connectivity index (χ2v) is 8.42. The molecule has 1 heterocycles. The number of nitrogens with one attached hydrogen (secondary N) is 2. The minimum Gasteiger partial charge on any atom is -0.325 e. The summed E-state index contributed by atoms with van der Waals surface area (Å²) in [7, 11) is 0. The van der Waals surface area contributed by atoms with E-state index in [1.807, 2.05) is 31.2 Å². The number of amides is 3. The summed E-state index contributed by atoms with van der Waals surface area (Å²) < 4.78 is 0. The van der Waals surface area contributed by atoms with E-state index in [0.29, 0.717) is 40.3 Å². The highest BCUT2D eigenvalue weighted by Gasteiger charge is 2.41. The van der Waals surface area contributed by atoms with E-state index in [4.69, 9.17) is 0 Å². The van der Waals surface area contributed by atoms with Gasteiger partial charge < -0.3 is 15.5 Å². The zero-order chi connectivity index (χ0) is 25.1. The molecule has 0 fully saturated rings. The summed E-state index contributed by atoms with van der Waals surface area (Å²) in [6.07, 6.45) is 0.913. The molecule has 3 amide bonds. The van der Waals surface area contributed by atoms with Crippen LogP contribution in [-0.2, 0) is 16.0 Å². The fourth-order valence-corrected chi connectivity index (χ4v) is 4.22. The van der Waals surface area contributed by atoms with Crippen LogP contribution in [0.25, 0.3) is 0 Å². The predicted octanol–water partition coefficient (Wildman–Crippen LogP) is 4.79. The highest BCUT2D eigenvalue weighted by atomic mass is 16.2. The van der Waals surface area contributed by atoms with Crippen molar-refractivity contribution in [3.63, 3.8) is 0 Å². The summed E-state index contributed by atoms with van der Waals surface area (Å²) in [4.78, 5) is 52.4. The molecule has 1 atom stereocenters. The molecule has 0 radical (unpaired) electrons. The Morgan fingerprint density at radius 2 is 1.60 bits per heavy atom. The Balaban J connectivity index is 1.54. The molecule has 4 rings (SSSR count). The number of likely N-dealkylation sites (N-methyl/N-ethyl adjacent to an activating group) is 1. The molecule has 35 heavy (non-hydrogen) atoms. The topological polar surface area (TPSA) is 95.6 Å². The monoisotopic (exact) mass is 469 g/mol. The summed E-state index contributed by atoms with van der Waals surface area (Å²) in [5.41, 5.74) is 4.20. The summed E-state index contributed by atoms with van der Waals surface area (Å²) in [5, 5.41) is 5.62. The Kier molecular flexibility index (Phi) is 6.78. The van der Waals surface area contributed by atoms with Crippen LogP contribution in [0.1, 0.15) is 58.5 Å². The smallest absolute Gasteiger partial charge is 0.255 e. The quantitative estimate of drug-likeness (QED) is 0.384. The van der Waals surface area contributed by atoms with Crippen molar-refractivity contribution in [3.05, 3.63) is 89.0 Å². The first-order valence-corrected chi connectivity index (χ1v) is 11.6. The Hall–Kier alpha value is -4.26. The van der Waals surface area contributed by atoms with Gasteiger partial charge in [0.1, 0.15) is 5.92 Å². The van der Waals surface area contributed by atoms with Crippen molar-refractivity contribution in [2.24, 2.45) is 0 Å². The minimum absolute atomic E-state index is 0.141. The van der Waals surface area contributed by atoms with Crippen LogP contribution >= 0.6 is 0 Å². The summed E-state index contributed by atoms with van der Waals surface area (Å²) >= 11 is 0. The molecular weight excluding hydrogens is 442 g/mol. The van der Waals surface area contributed by atoms with Crippen LogP contribution in [0.15, 0.2) is 66.7 Å². The van der Waals surface area contributed by atoms with Crippen LogP contribution in [0.2, 0.25) is 0 Å². The van der Waals surface area contributed by atoms with Crippen molar-refractivity contribution < 1.29 is 19.2 Å². The van der Waals surface area contributed by atoms with Crippen LogP contribution in [0.4, 0.5) is 17.1 Å². The molecule has 0 bridgehead atoms. The molecule has 3 aromatic carbocycles. The third-order valence-electron chi connectivity index (χ3n) is 6.14. The number of carbonyl (C=O) groups excluding carboxylic acids is 4. The first kappa shape index (κ1) is 23.9. The van der Waals surface area contributed by atoms with Gasteiger partial charge in [-0.2, -0.15) is 0 Å². The lowest BCUT2D eigenvalue weighted by molar-refractivity contribution is -0.126. The van der Waals surface area contributed by atoms with Gasteiger partial charge in [0.2, 0.25) is 11.8 Å². The van der Waals surface area contributed by atoms with E-state index < -0.39 is 11.8 Å². The van der Waals surface area contributed by atoms with Gasteiger partial charge in [-0.3, -0.25) is 19.2 Å². The molecule has 7 nitrogen and oxygen atoms in total. The maximum Gasteiger partial charge on any atom is 0.255 e. The number of nitrogens with zero attached hydrogens (tertiary/aromatic N) is 1. The molecule has 3 aromatic rings. The molecule has 7 heteroatoms. The van der Waals surface area contributed by atoms with Gasteiger partial charge in [0.25, 0.3) is 5.91 Å². The third-order valence-corrected chi connectivity index (χ3v) is 6.14. The number of anilines is 3. The molecule has 0 aromatic heterocycles. The molecular formula is C28H27N3O4. The maximum atomic E-state index is 13.2. The number of Topliss-reactive ketones (excluding diaryl/α,β-unsaturated/α-hetero) is 1. The van der Waals surface area contributed by atoms with E-state index >= 15 is 0 Å². The average Bonchev–Trinajstić information content (AvgIpc) is 3.14. The lowest BCUT2D eigenvalue weighted by atomic mass is 9.96. The van der Waals surface area contributed by atoms with Gasteiger partial charge in [0, 0.05) is 34.7 Å². The molecule has 2 N–H and O–H groups in total. The Bertz CT molecular complexity index is 1310. The van der Waals surface area contributed by atoms with E-state index in [1.165, 1.54) is 17.4 Å². The summed E-state index contributed by atoms with van der Waals surface area (Å²) in [6, 6.07) is 19.1. The van der Waals surface area contributed by atoms with Crippen molar-refractivity contribution in [3.8, 4) is 0 Å². The van der Waals surface area contributed by atoms with Gasteiger partial charge in [-0.25, -0.2) is 0 Å². The molecule has 0 saturated carbocycles. The summed E-state index contributed by atoms with van der Waals surface area (Å²) in [6.45, 7) is 5.75. The molecule has 178 valence electrons. The predicted molar refractivity (Wildman–Crippen MR) is 136 cm³/mol. The summed E-state index contributed by atoms with van der Waals surface area (Å²) in [5.74, 6) is -2.38. The van der Waals surface area contributed by atoms with Gasteiger partial charge in [-0.1, -0.05) is 25.1 Å². The minimum atomic E-state index is -1.07. The zero-order valence-corrected chi connectivity index (χ0v) is 19.9. The van der Waals surface area contributed by atoms with Crippen LogP contribution in [0.5, 0.6) is 0 Å². The molecule has 1 aliphatic rings. The van der Waals surface area contributed by atoms with E-state index in [9.17, 15) is 19.2 Å². The lowest BCUT2D eigenvalue weighted by Gasteiger charge is -2.15. The van der Waals surface area contributed by atoms with Crippen molar-refractivity contribution in [2.75, 3.05) is 22.1 Å². The van der Waals surface area contributed by atoms with Crippen molar-refractivity contribution in [1.82, 2.24) is 0 Å². The van der Waals surface area contributed by atoms with Crippen molar-refractivity contribution in [1.29, 1.82) is 0 Å².